The van der Waals surface area contributed by atoms with E-state index in [0.29, 0.717) is 5.88 Å². The van der Waals surface area contributed by atoms with Crippen LogP contribution < -0.4 is 4.74 Å². The second-order valence-corrected chi connectivity index (χ2v) is 3.94. The van der Waals surface area contributed by atoms with Crippen LogP contribution in [0.1, 0.15) is 0 Å². The zero-order valence-electron chi connectivity index (χ0n) is 10.00. The molecule has 0 radical (unpaired) electrons. The Labute approximate surface area is 105 Å². The van der Waals surface area contributed by atoms with Crippen LogP contribution in [-0.2, 0) is 0 Å². The van der Waals surface area contributed by atoms with Gasteiger partial charge in [-0.2, -0.15) is 0 Å². The van der Waals surface area contributed by atoms with Crippen LogP contribution in [0.15, 0.2) is 54.7 Å². The van der Waals surface area contributed by atoms with Gasteiger partial charge < -0.3 is 4.74 Å². The van der Waals surface area contributed by atoms with Gasteiger partial charge in [0.2, 0.25) is 5.88 Å². The van der Waals surface area contributed by atoms with Crippen molar-refractivity contribution in [1.82, 2.24) is 9.97 Å². The minimum absolute atomic E-state index is 0.626. The second kappa shape index (κ2) is 4.45. The smallest absolute Gasteiger partial charge is 0.213 e. The zero-order valence-corrected chi connectivity index (χ0v) is 10.00. The number of ether oxygens (including phenoxy) is 1. The van der Waals surface area contributed by atoms with Crippen molar-refractivity contribution in [1.29, 1.82) is 0 Å². The number of fused-ring (bicyclic) bond motifs is 1. The Kier molecular flexibility index (Phi) is 2.65. The highest BCUT2D eigenvalue weighted by atomic mass is 16.5. The number of nitrogens with zero attached hydrogens (tertiary/aromatic N) is 2. The molecule has 2 heterocycles. The number of methoxy groups -OCH3 is 1. The Bertz CT molecular complexity index is 680. The van der Waals surface area contributed by atoms with Gasteiger partial charge in [-0.05, 0) is 24.3 Å². The molecule has 1 aromatic carbocycles. The van der Waals surface area contributed by atoms with E-state index in [2.05, 4.69) is 16.0 Å². The number of benzene rings is 1. The van der Waals surface area contributed by atoms with Gasteiger partial charge in [-0.15, -0.1) is 0 Å². The first-order valence-corrected chi connectivity index (χ1v) is 5.73. The number of pyridine rings is 2. The van der Waals surface area contributed by atoms with Crippen molar-refractivity contribution in [2.45, 2.75) is 0 Å². The summed E-state index contributed by atoms with van der Waals surface area (Å²) < 4.78 is 5.14. The van der Waals surface area contributed by atoms with Gasteiger partial charge in [0.05, 0.1) is 18.3 Å². The molecule has 2 aromatic heterocycles. The number of hydrogen-bond donors (Lipinski definition) is 0. The van der Waals surface area contributed by atoms with Crippen LogP contribution in [0.2, 0.25) is 0 Å². The molecule has 3 nitrogen and oxygen atoms in total. The molecule has 0 saturated heterocycles. The first kappa shape index (κ1) is 10.7. The van der Waals surface area contributed by atoms with E-state index >= 15 is 0 Å². The summed E-state index contributed by atoms with van der Waals surface area (Å²) in [5, 5.41) is 1.08. The maximum atomic E-state index is 5.14. The van der Waals surface area contributed by atoms with Crippen molar-refractivity contribution >= 4 is 10.9 Å². The van der Waals surface area contributed by atoms with E-state index in [-0.39, 0.29) is 0 Å². The van der Waals surface area contributed by atoms with Gasteiger partial charge in [-0.3, -0.25) is 4.98 Å². The fourth-order valence-electron chi connectivity index (χ4n) is 2.00. The van der Waals surface area contributed by atoms with Crippen LogP contribution in [0.4, 0.5) is 0 Å². The molecule has 0 aliphatic rings. The molecule has 3 rings (SSSR count). The molecule has 0 spiro atoms. The first-order valence-electron chi connectivity index (χ1n) is 5.73. The molecule has 0 bridgehead atoms. The van der Waals surface area contributed by atoms with E-state index in [9.17, 15) is 0 Å². The van der Waals surface area contributed by atoms with Crippen LogP contribution in [0.25, 0.3) is 22.2 Å². The predicted molar refractivity (Wildman–Crippen MR) is 71.5 cm³/mol. The molecule has 0 unspecified atom stereocenters. The second-order valence-electron chi connectivity index (χ2n) is 3.94. The highest BCUT2D eigenvalue weighted by Gasteiger charge is 2.05. The van der Waals surface area contributed by atoms with Gasteiger partial charge in [0.25, 0.3) is 0 Å². The lowest BCUT2D eigenvalue weighted by Gasteiger charge is -2.06. The van der Waals surface area contributed by atoms with Crippen LogP contribution >= 0.6 is 0 Å². The molecule has 3 aromatic rings. The van der Waals surface area contributed by atoms with Crippen molar-refractivity contribution in [3.8, 4) is 17.1 Å². The van der Waals surface area contributed by atoms with Crippen molar-refractivity contribution in [3.63, 3.8) is 0 Å². The Hall–Kier alpha value is -2.42. The van der Waals surface area contributed by atoms with Crippen LogP contribution in [0.5, 0.6) is 5.88 Å². The summed E-state index contributed by atoms with van der Waals surface area (Å²) in [6.45, 7) is 0. The van der Waals surface area contributed by atoms with Crippen LogP contribution in [-0.4, -0.2) is 17.1 Å². The average molecular weight is 236 g/mol. The lowest BCUT2D eigenvalue weighted by molar-refractivity contribution is 0.399. The molecule has 18 heavy (non-hydrogen) atoms. The number of hydrogen-bond acceptors (Lipinski definition) is 3. The third-order valence-electron chi connectivity index (χ3n) is 2.86. The molecule has 88 valence electrons. The Balaban J connectivity index is 2.25. The molecule has 0 aliphatic carbocycles. The van der Waals surface area contributed by atoms with Crippen LogP contribution in [0, 0.1) is 0 Å². The largest absolute Gasteiger partial charge is 0.481 e. The van der Waals surface area contributed by atoms with Crippen molar-refractivity contribution < 1.29 is 4.74 Å². The van der Waals surface area contributed by atoms with Gasteiger partial charge in [-0.25, -0.2) is 4.98 Å². The first-order chi connectivity index (χ1) is 8.88. The van der Waals surface area contributed by atoms with E-state index in [4.69, 9.17) is 4.74 Å². The Morgan fingerprint density at radius 3 is 2.67 bits per heavy atom. The zero-order chi connectivity index (χ0) is 12.4. The molecular formula is C15H12N2O. The number of rotatable bonds is 2. The van der Waals surface area contributed by atoms with Crippen LogP contribution in [0.3, 0.4) is 0 Å². The van der Waals surface area contributed by atoms with Gasteiger partial charge >= 0.3 is 0 Å². The summed E-state index contributed by atoms with van der Waals surface area (Å²) in [5.41, 5.74) is 2.95. The Morgan fingerprint density at radius 1 is 0.944 bits per heavy atom. The van der Waals surface area contributed by atoms with Gasteiger partial charge in [0.1, 0.15) is 0 Å². The predicted octanol–water partition coefficient (Wildman–Crippen LogP) is 3.31. The summed E-state index contributed by atoms with van der Waals surface area (Å²) in [5.74, 6) is 0.626. The fraction of sp³-hybridized carbons (Fsp3) is 0.0667. The molecular weight excluding hydrogens is 224 g/mol. The normalized spacial score (nSPS) is 10.5. The molecule has 0 aliphatic heterocycles. The maximum absolute atomic E-state index is 5.14. The molecule has 0 saturated carbocycles. The summed E-state index contributed by atoms with van der Waals surface area (Å²) >= 11 is 0. The fourth-order valence-corrected chi connectivity index (χ4v) is 2.00. The maximum Gasteiger partial charge on any atom is 0.213 e. The summed E-state index contributed by atoms with van der Waals surface area (Å²) in [4.78, 5) is 8.81. The lowest BCUT2D eigenvalue weighted by Crippen LogP contribution is -1.90. The van der Waals surface area contributed by atoms with Gasteiger partial charge in [0.15, 0.2) is 0 Å². The minimum Gasteiger partial charge on any atom is -0.481 e. The average Bonchev–Trinajstić information content (AvgIpc) is 2.47. The summed E-state index contributed by atoms with van der Waals surface area (Å²) in [7, 11) is 1.62. The van der Waals surface area contributed by atoms with E-state index < -0.39 is 0 Å². The highest BCUT2D eigenvalue weighted by Crippen LogP contribution is 2.27. The van der Waals surface area contributed by atoms with Gasteiger partial charge in [0, 0.05) is 23.2 Å². The Morgan fingerprint density at radius 2 is 1.89 bits per heavy atom. The van der Waals surface area contributed by atoms with Crippen molar-refractivity contribution in [2.24, 2.45) is 0 Å². The molecule has 0 amide bonds. The van der Waals surface area contributed by atoms with E-state index in [1.807, 2.05) is 42.5 Å². The minimum atomic E-state index is 0.626. The summed E-state index contributed by atoms with van der Waals surface area (Å²) in [6, 6.07) is 15.8. The topological polar surface area (TPSA) is 35.0 Å². The molecule has 0 fully saturated rings. The van der Waals surface area contributed by atoms with E-state index in [1.54, 1.807) is 13.3 Å². The summed E-state index contributed by atoms with van der Waals surface area (Å²) in [6.07, 6.45) is 1.80. The van der Waals surface area contributed by atoms with Gasteiger partial charge in [-0.1, -0.05) is 18.2 Å². The number of aromatic nitrogens is 2. The van der Waals surface area contributed by atoms with E-state index in [1.165, 1.54) is 0 Å². The highest BCUT2D eigenvalue weighted by molar-refractivity contribution is 5.93. The SMILES string of the molecule is COc1ccc2c(-c3ccccn3)cccc2n1. The molecule has 3 heteroatoms. The van der Waals surface area contributed by atoms with Crippen molar-refractivity contribution in [2.75, 3.05) is 7.11 Å². The molecule has 0 N–H and O–H groups in total. The third-order valence-corrected chi connectivity index (χ3v) is 2.86. The quantitative estimate of drug-likeness (QED) is 0.684. The van der Waals surface area contributed by atoms with E-state index in [0.717, 1.165) is 22.2 Å². The van der Waals surface area contributed by atoms with Crippen molar-refractivity contribution in [3.05, 3.63) is 54.7 Å². The standard InChI is InChI=1S/C15H12N2O/c1-18-15-9-8-12-11(5-4-7-14(12)17-15)13-6-2-3-10-16-13/h2-10H,1H3. The molecule has 0 atom stereocenters. The monoisotopic (exact) mass is 236 g/mol. The lowest BCUT2D eigenvalue weighted by atomic mass is 10.1. The third kappa shape index (κ3) is 1.80.